The monoisotopic (exact) mass is 893 g/mol. The van der Waals surface area contributed by atoms with E-state index in [1.165, 1.54) is 35.4 Å². The topological polar surface area (TPSA) is 140 Å². The number of nitrogens with zero attached hydrogens (tertiary/aromatic N) is 7. The van der Waals surface area contributed by atoms with Crippen LogP contribution in [0.5, 0.6) is 0 Å². The summed E-state index contributed by atoms with van der Waals surface area (Å²) in [6.45, 7) is 3.27. The average molecular weight is 894 g/mol. The number of nitrogens with one attached hydrogen (secondary N) is 2. The Morgan fingerprint density at radius 3 is 2.17 bits per heavy atom. The van der Waals surface area contributed by atoms with Crippen molar-refractivity contribution < 1.29 is 36.7 Å². The van der Waals surface area contributed by atoms with E-state index < -0.39 is 41.0 Å². The van der Waals surface area contributed by atoms with E-state index in [-0.39, 0.29) is 70.2 Å². The molecule has 340 valence electrons. The number of aryl methyl sites for hydroxylation is 1. The van der Waals surface area contributed by atoms with Gasteiger partial charge in [-0.3, -0.25) is 29.2 Å². The van der Waals surface area contributed by atoms with E-state index in [1.54, 1.807) is 48.1 Å². The van der Waals surface area contributed by atoms with Crippen molar-refractivity contribution in [1.82, 2.24) is 35.1 Å². The van der Waals surface area contributed by atoms with Crippen molar-refractivity contribution in [2.45, 2.75) is 63.8 Å². The van der Waals surface area contributed by atoms with Gasteiger partial charge in [0.25, 0.3) is 5.91 Å². The Bertz CT molecular complexity index is 2680. The summed E-state index contributed by atoms with van der Waals surface area (Å²) in [6.07, 6.45) is 9.54. The van der Waals surface area contributed by atoms with Crippen LogP contribution in [0.15, 0.2) is 60.9 Å². The molecular formula is C48H51F4N9O4. The molecule has 5 aromatic rings. The number of hydrogen-bond acceptors (Lipinski definition) is 8. The van der Waals surface area contributed by atoms with Crippen molar-refractivity contribution in [2.24, 2.45) is 11.8 Å². The number of halogens is 4. The van der Waals surface area contributed by atoms with Gasteiger partial charge in [-0.05, 0) is 103 Å². The Hall–Kier alpha value is -6.52. The zero-order valence-electron chi connectivity index (χ0n) is 36.4. The SMILES string of the molecule is CN(C)C(=O)c1cc2c(-c3ccc(N4CCC(C5CCN(c6ccc(C7CCC(=O)NC7=O)cc6F)CC5)CC4)c(F)c3F)cc(C3=CCCN(C(=O)CCn4ccnn4)C3)c(F)c2[nH]1. The Balaban J connectivity index is 0.892. The third-order valence-corrected chi connectivity index (χ3v) is 13.8. The van der Waals surface area contributed by atoms with Gasteiger partial charge < -0.3 is 24.6 Å². The molecule has 3 fully saturated rings. The number of carbonyl (C=O) groups excluding carboxylic acids is 4. The first-order valence-corrected chi connectivity index (χ1v) is 22.3. The normalized spacial score (nSPS) is 18.9. The minimum atomic E-state index is -1.09. The minimum absolute atomic E-state index is 0.0251. The predicted molar refractivity (Wildman–Crippen MR) is 237 cm³/mol. The third-order valence-electron chi connectivity index (χ3n) is 13.8. The van der Waals surface area contributed by atoms with Gasteiger partial charge in [-0.15, -0.1) is 5.10 Å². The van der Waals surface area contributed by atoms with Gasteiger partial charge in [0.05, 0.1) is 35.6 Å². The lowest BCUT2D eigenvalue weighted by molar-refractivity contribution is -0.134. The van der Waals surface area contributed by atoms with Gasteiger partial charge in [0.15, 0.2) is 17.5 Å². The summed E-state index contributed by atoms with van der Waals surface area (Å²) < 4.78 is 66.5. The summed E-state index contributed by atoms with van der Waals surface area (Å²) >= 11 is 0. The Labute approximate surface area is 373 Å². The van der Waals surface area contributed by atoms with Crippen LogP contribution < -0.4 is 15.1 Å². The van der Waals surface area contributed by atoms with Gasteiger partial charge in [0.2, 0.25) is 17.7 Å². The number of H-pyrrole nitrogens is 1. The molecule has 1 unspecified atom stereocenters. The molecule has 0 aliphatic carbocycles. The summed E-state index contributed by atoms with van der Waals surface area (Å²) in [5.74, 6) is -4.21. The first-order valence-electron chi connectivity index (χ1n) is 22.3. The Morgan fingerprint density at radius 2 is 1.51 bits per heavy atom. The molecule has 4 amide bonds. The number of anilines is 2. The predicted octanol–water partition coefficient (Wildman–Crippen LogP) is 7.04. The molecule has 65 heavy (non-hydrogen) atoms. The van der Waals surface area contributed by atoms with Gasteiger partial charge in [-0.1, -0.05) is 17.4 Å². The van der Waals surface area contributed by atoms with Gasteiger partial charge >= 0.3 is 0 Å². The molecule has 3 saturated heterocycles. The van der Waals surface area contributed by atoms with Crippen LogP contribution in [0.3, 0.4) is 0 Å². The Morgan fingerprint density at radius 1 is 0.800 bits per heavy atom. The molecule has 0 spiro atoms. The highest BCUT2D eigenvalue weighted by molar-refractivity contribution is 6.05. The molecule has 2 aromatic heterocycles. The largest absolute Gasteiger partial charge is 0.369 e. The minimum Gasteiger partial charge on any atom is -0.369 e. The molecule has 1 atom stereocenters. The van der Waals surface area contributed by atoms with Crippen LogP contribution in [0, 0.1) is 35.1 Å². The van der Waals surface area contributed by atoms with Crippen molar-refractivity contribution in [3.05, 3.63) is 101 Å². The van der Waals surface area contributed by atoms with Crippen LogP contribution in [-0.2, 0) is 20.9 Å². The lowest BCUT2D eigenvalue weighted by atomic mass is 9.78. The van der Waals surface area contributed by atoms with E-state index in [2.05, 4.69) is 20.6 Å². The smallest absolute Gasteiger partial charge is 0.269 e. The first kappa shape index (κ1) is 43.7. The molecule has 0 bridgehead atoms. The number of amides is 4. The van der Waals surface area contributed by atoms with Crippen LogP contribution >= 0.6 is 0 Å². The van der Waals surface area contributed by atoms with Gasteiger partial charge in [-0.2, -0.15) is 0 Å². The number of piperidine rings is 3. The molecule has 2 N–H and O–H groups in total. The van der Waals surface area contributed by atoms with Crippen molar-refractivity contribution in [3.63, 3.8) is 0 Å². The van der Waals surface area contributed by atoms with E-state index in [4.69, 9.17) is 0 Å². The second-order valence-electron chi connectivity index (χ2n) is 17.8. The zero-order valence-corrected chi connectivity index (χ0v) is 36.4. The van der Waals surface area contributed by atoms with E-state index in [0.717, 1.165) is 25.7 Å². The van der Waals surface area contributed by atoms with Crippen molar-refractivity contribution >= 4 is 51.5 Å². The molecule has 4 aliphatic rings. The first-order chi connectivity index (χ1) is 31.3. The molecule has 6 heterocycles. The highest BCUT2D eigenvalue weighted by Crippen LogP contribution is 2.42. The number of carbonyl (C=O) groups is 4. The van der Waals surface area contributed by atoms with Crippen LogP contribution in [-0.4, -0.2) is 107 Å². The number of rotatable bonds is 10. The molecule has 3 aromatic carbocycles. The van der Waals surface area contributed by atoms with Crippen LogP contribution in [0.2, 0.25) is 0 Å². The highest BCUT2D eigenvalue weighted by atomic mass is 19.2. The maximum Gasteiger partial charge on any atom is 0.269 e. The third kappa shape index (κ3) is 8.72. The van der Waals surface area contributed by atoms with Gasteiger partial charge in [-0.25, -0.2) is 17.6 Å². The molecule has 0 radical (unpaired) electrons. The fraction of sp³-hybridized carbons (Fsp3) is 0.417. The van der Waals surface area contributed by atoms with Gasteiger partial charge in [0.1, 0.15) is 11.5 Å². The van der Waals surface area contributed by atoms with Crippen molar-refractivity contribution in [2.75, 3.05) is 63.2 Å². The summed E-state index contributed by atoms with van der Waals surface area (Å²) in [4.78, 5) is 60.0. The summed E-state index contributed by atoms with van der Waals surface area (Å²) in [5, 5.41) is 10.2. The van der Waals surface area contributed by atoms with Crippen molar-refractivity contribution in [3.8, 4) is 11.1 Å². The van der Waals surface area contributed by atoms with Crippen LogP contribution in [0.1, 0.15) is 78.9 Å². The molecule has 0 saturated carbocycles. The molecule has 13 nitrogen and oxygen atoms in total. The number of aromatic nitrogens is 4. The van der Waals surface area contributed by atoms with Gasteiger partial charge in [0, 0.05) is 88.9 Å². The molecule has 4 aliphatic heterocycles. The lowest BCUT2D eigenvalue weighted by Crippen LogP contribution is -2.41. The van der Waals surface area contributed by atoms with Crippen LogP contribution in [0.25, 0.3) is 27.6 Å². The van der Waals surface area contributed by atoms with E-state index in [9.17, 15) is 19.2 Å². The maximum atomic E-state index is 16.6. The molecule has 17 heteroatoms. The summed E-state index contributed by atoms with van der Waals surface area (Å²) in [7, 11) is 3.13. The van der Waals surface area contributed by atoms with E-state index in [1.807, 2.05) is 15.9 Å². The number of imide groups is 1. The number of hydrogen-bond donors (Lipinski definition) is 2. The fourth-order valence-corrected chi connectivity index (χ4v) is 10.2. The fourth-order valence-electron chi connectivity index (χ4n) is 10.2. The van der Waals surface area contributed by atoms with E-state index >= 15 is 17.6 Å². The van der Waals surface area contributed by atoms with Crippen molar-refractivity contribution in [1.29, 1.82) is 0 Å². The molecular weight excluding hydrogens is 843 g/mol. The second kappa shape index (κ2) is 18.2. The number of aromatic amines is 1. The number of benzene rings is 3. The molecule has 9 rings (SSSR count). The lowest BCUT2D eigenvalue weighted by Gasteiger charge is -2.41. The summed E-state index contributed by atoms with van der Waals surface area (Å²) in [5.41, 5.74) is 2.02. The highest BCUT2D eigenvalue weighted by Gasteiger charge is 2.34. The van der Waals surface area contributed by atoms with Crippen LogP contribution in [0.4, 0.5) is 28.9 Å². The zero-order chi connectivity index (χ0) is 45.5. The Kier molecular flexibility index (Phi) is 12.2. The quantitative estimate of drug-likeness (QED) is 0.113. The number of fused-ring (bicyclic) bond motifs is 1. The summed E-state index contributed by atoms with van der Waals surface area (Å²) in [6, 6.07) is 10.9. The van der Waals surface area contributed by atoms with E-state index in [0.29, 0.717) is 80.8 Å². The maximum absolute atomic E-state index is 16.6. The standard InChI is InChI=1S/C48H51F4N9O4/c1-57(2)48(65)38-26-36-35(25-34(44(51)46(36)54-38)31-4-3-17-60(27-31)42(63)15-22-61-23-16-53-56-61)33-6-9-40(45(52)43(33)50)59-20-13-29(14-21-59)28-11-18-58(19-12-28)39-8-5-30(24-37(39)49)32-7-10-41(62)55-47(32)64/h4-6,8-9,16,23-26,28-29,32,54H,3,7,10-15,17-22,27H2,1-2H3,(H,55,62,64). The average Bonchev–Trinajstić information content (AvgIpc) is 4.01. The second-order valence-corrected chi connectivity index (χ2v) is 17.8.